The second kappa shape index (κ2) is 5.73. The summed E-state index contributed by atoms with van der Waals surface area (Å²) in [4.78, 5) is 1.45. The standard InChI is InChI=1S/C13H16N2O2S2/c1-15(9-8-12-3-2-10-18-12)19(16,17)13-6-4-11(14)5-7-13/h2-7,10H,8-9,14H2,1H3. The molecule has 19 heavy (non-hydrogen) atoms. The van der Waals surface area contributed by atoms with Gasteiger partial charge in [-0.2, -0.15) is 0 Å². The topological polar surface area (TPSA) is 63.4 Å². The van der Waals surface area contributed by atoms with Crippen LogP contribution in [0, 0.1) is 0 Å². The first kappa shape index (κ1) is 14.0. The zero-order valence-corrected chi connectivity index (χ0v) is 12.2. The minimum atomic E-state index is -3.43. The molecule has 0 bridgehead atoms. The molecule has 0 spiro atoms. The van der Waals surface area contributed by atoms with Crippen molar-refractivity contribution in [1.29, 1.82) is 0 Å². The van der Waals surface area contributed by atoms with Crippen LogP contribution >= 0.6 is 11.3 Å². The first-order valence-electron chi connectivity index (χ1n) is 5.84. The lowest BCUT2D eigenvalue weighted by molar-refractivity contribution is 0.473. The Hall–Kier alpha value is -1.37. The number of hydrogen-bond acceptors (Lipinski definition) is 4. The van der Waals surface area contributed by atoms with Gasteiger partial charge < -0.3 is 5.73 Å². The number of thiophene rings is 1. The van der Waals surface area contributed by atoms with E-state index in [1.807, 2.05) is 17.5 Å². The number of hydrogen-bond donors (Lipinski definition) is 1. The maximum atomic E-state index is 12.3. The highest BCUT2D eigenvalue weighted by molar-refractivity contribution is 7.89. The molecule has 4 nitrogen and oxygen atoms in total. The molecule has 0 amide bonds. The van der Waals surface area contributed by atoms with E-state index in [0.29, 0.717) is 12.2 Å². The van der Waals surface area contributed by atoms with Gasteiger partial charge in [0.25, 0.3) is 0 Å². The molecule has 1 aromatic heterocycles. The third-order valence-electron chi connectivity index (χ3n) is 2.84. The largest absolute Gasteiger partial charge is 0.399 e. The van der Waals surface area contributed by atoms with E-state index in [0.717, 1.165) is 6.42 Å². The van der Waals surface area contributed by atoms with Crippen LogP contribution < -0.4 is 5.73 Å². The summed E-state index contributed by atoms with van der Waals surface area (Å²) in [5, 5.41) is 1.99. The van der Waals surface area contributed by atoms with Crippen molar-refractivity contribution in [2.45, 2.75) is 11.3 Å². The molecule has 2 aromatic rings. The summed E-state index contributed by atoms with van der Waals surface area (Å²) >= 11 is 1.64. The maximum absolute atomic E-state index is 12.3. The Morgan fingerprint density at radius 2 is 1.89 bits per heavy atom. The fourth-order valence-corrected chi connectivity index (χ4v) is 3.53. The van der Waals surface area contributed by atoms with Gasteiger partial charge in [-0.15, -0.1) is 11.3 Å². The number of nitrogens with zero attached hydrogens (tertiary/aromatic N) is 1. The van der Waals surface area contributed by atoms with Crippen LogP contribution in [0.4, 0.5) is 5.69 Å². The average Bonchev–Trinajstić information content (AvgIpc) is 2.89. The van der Waals surface area contributed by atoms with E-state index < -0.39 is 10.0 Å². The zero-order valence-electron chi connectivity index (χ0n) is 10.6. The molecule has 0 saturated heterocycles. The predicted octanol–water partition coefficient (Wildman–Crippen LogP) is 2.19. The average molecular weight is 296 g/mol. The van der Waals surface area contributed by atoms with Crippen molar-refractivity contribution in [1.82, 2.24) is 4.31 Å². The third kappa shape index (κ3) is 3.34. The summed E-state index contributed by atoms with van der Waals surface area (Å²) in [6, 6.07) is 10.2. The van der Waals surface area contributed by atoms with Crippen LogP contribution in [-0.4, -0.2) is 26.3 Å². The molecular formula is C13H16N2O2S2. The second-order valence-corrected chi connectivity index (χ2v) is 7.30. The molecule has 1 heterocycles. The summed E-state index contributed by atoms with van der Waals surface area (Å²) in [7, 11) is -1.83. The summed E-state index contributed by atoms with van der Waals surface area (Å²) in [6.45, 7) is 0.465. The Labute approximate surface area is 117 Å². The van der Waals surface area contributed by atoms with E-state index in [4.69, 9.17) is 5.73 Å². The van der Waals surface area contributed by atoms with E-state index in [-0.39, 0.29) is 4.90 Å². The van der Waals surface area contributed by atoms with Crippen LogP contribution in [0.2, 0.25) is 0 Å². The molecule has 0 radical (unpaired) electrons. The van der Waals surface area contributed by atoms with Crippen molar-refractivity contribution in [3.63, 3.8) is 0 Å². The number of nitrogen functional groups attached to an aromatic ring is 1. The molecule has 2 N–H and O–H groups in total. The van der Waals surface area contributed by atoms with E-state index in [2.05, 4.69) is 0 Å². The lowest BCUT2D eigenvalue weighted by Gasteiger charge is -2.16. The van der Waals surface area contributed by atoms with E-state index in [1.54, 1.807) is 30.5 Å². The molecule has 0 fully saturated rings. The molecule has 1 aromatic carbocycles. The van der Waals surface area contributed by atoms with Gasteiger partial charge in [0.1, 0.15) is 0 Å². The van der Waals surface area contributed by atoms with E-state index in [1.165, 1.54) is 21.3 Å². The molecule has 0 atom stereocenters. The maximum Gasteiger partial charge on any atom is 0.242 e. The van der Waals surface area contributed by atoms with E-state index in [9.17, 15) is 8.42 Å². The summed E-state index contributed by atoms with van der Waals surface area (Å²) in [5.74, 6) is 0. The highest BCUT2D eigenvalue weighted by atomic mass is 32.2. The van der Waals surface area contributed by atoms with Crippen molar-refractivity contribution in [3.05, 3.63) is 46.7 Å². The summed E-state index contributed by atoms with van der Waals surface area (Å²) < 4.78 is 26.0. The molecular weight excluding hydrogens is 280 g/mol. The number of anilines is 1. The van der Waals surface area contributed by atoms with Gasteiger partial charge in [0.2, 0.25) is 10.0 Å². The van der Waals surface area contributed by atoms with Crippen molar-refractivity contribution in [2.24, 2.45) is 0 Å². The third-order valence-corrected chi connectivity index (χ3v) is 5.65. The molecule has 0 aliphatic heterocycles. The van der Waals surface area contributed by atoms with Crippen molar-refractivity contribution in [3.8, 4) is 0 Å². The first-order valence-corrected chi connectivity index (χ1v) is 8.16. The fourth-order valence-electron chi connectivity index (χ4n) is 1.66. The normalized spacial score (nSPS) is 11.9. The molecule has 0 unspecified atom stereocenters. The van der Waals surface area contributed by atoms with Gasteiger partial charge in [0.15, 0.2) is 0 Å². The quantitative estimate of drug-likeness (QED) is 0.860. The Balaban J connectivity index is 2.08. The first-order chi connectivity index (χ1) is 9.00. The minimum absolute atomic E-state index is 0.273. The van der Waals surface area contributed by atoms with Crippen LogP contribution in [-0.2, 0) is 16.4 Å². The molecule has 2 rings (SSSR count). The monoisotopic (exact) mass is 296 g/mol. The van der Waals surface area contributed by atoms with Crippen molar-refractivity contribution < 1.29 is 8.42 Å². The predicted molar refractivity (Wildman–Crippen MR) is 78.7 cm³/mol. The summed E-state index contributed by atoms with van der Waals surface area (Å²) in [6.07, 6.45) is 0.725. The van der Waals surface area contributed by atoms with Gasteiger partial charge in [-0.25, -0.2) is 12.7 Å². The Kier molecular flexibility index (Phi) is 4.24. The highest BCUT2D eigenvalue weighted by Gasteiger charge is 2.20. The van der Waals surface area contributed by atoms with Gasteiger partial charge in [-0.3, -0.25) is 0 Å². The smallest absolute Gasteiger partial charge is 0.242 e. The van der Waals surface area contributed by atoms with Crippen LogP contribution in [0.1, 0.15) is 4.88 Å². The van der Waals surface area contributed by atoms with Crippen molar-refractivity contribution in [2.75, 3.05) is 19.3 Å². The van der Waals surface area contributed by atoms with Gasteiger partial charge in [-0.05, 0) is 42.1 Å². The second-order valence-electron chi connectivity index (χ2n) is 4.22. The van der Waals surface area contributed by atoms with Crippen LogP contribution in [0.15, 0.2) is 46.7 Å². The number of sulfonamides is 1. The zero-order chi connectivity index (χ0) is 13.9. The highest BCUT2D eigenvalue weighted by Crippen LogP contribution is 2.17. The van der Waals surface area contributed by atoms with Gasteiger partial charge in [-0.1, -0.05) is 6.07 Å². The van der Waals surface area contributed by atoms with Crippen LogP contribution in [0.5, 0.6) is 0 Å². The summed E-state index contributed by atoms with van der Waals surface area (Å²) in [5.41, 5.74) is 6.12. The number of benzene rings is 1. The number of nitrogens with two attached hydrogens (primary N) is 1. The van der Waals surface area contributed by atoms with Crippen LogP contribution in [0.3, 0.4) is 0 Å². The van der Waals surface area contributed by atoms with Gasteiger partial charge in [0.05, 0.1) is 4.90 Å². The Bertz CT molecular complexity index is 619. The van der Waals surface area contributed by atoms with Crippen LogP contribution in [0.25, 0.3) is 0 Å². The van der Waals surface area contributed by atoms with Gasteiger partial charge >= 0.3 is 0 Å². The Morgan fingerprint density at radius 1 is 1.21 bits per heavy atom. The van der Waals surface area contributed by atoms with Crippen molar-refractivity contribution >= 4 is 27.0 Å². The minimum Gasteiger partial charge on any atom is -0.399 e. The molecule has 102 valence electrons. The lowest BCUT2D eigenvalue weighted by atomic mass is 10.3. The number of likely N-dealkylation sites (N-methyl/N-ethyl adjacent to an activating group) is 1. The van der Waals surface area contributed by atoms with Gasteiger partial charge in [0, 0.05) is 24.2 Å². The number of rotatable bonds is 5. The molecule has 0 aliphatic rings. The molecule has 6 heteroatoms. The fraction of sp³-hybridized carbons (Fsp3) is 0.231. The SMILES string of the molecule is CN(CCc1cccs1)S(=O)(=O)c1ccc(N)cc1. The van der Waals surface area contributed by atoms with E-state index >= 15 is 0 Å². The Morgan fingerprint density at radius 3 is 2.47 bits per heavy atom. The molecule has 0 saturated carbocycles. The lowest BCUT2D eigenvalue weighted by Crippen LogP contribution is -2.28. The molecule has 0 aliphatic carbocycles.